The molecule has 0 fully saturated rings. The fourth-order valence-corrected chi connectivity index (χ4v) is 2.17. The number of aromatic nitrogens is 1. The second-order valence-electron chi connectivity index (χ2n) is 4.97. The molecule has 2 aromatic rings. The first kappa shape index (κ1) is 15.4. The van der Waals surface area contributed by atoms with Crippen LogP contribution in [0.4, 0.5) is 4.39 Å². The zero-order chi connectivity index (χ0) is 15.1. The molecule has 0 radical (unpaired) electrons. The Morgan fingerprint density at radius 1 is 1.24 bits per heavy atom. The zero-order valence-electron chi connectivity index (χ0n) is 12.5. The van der Waals surface area contributed by atoms with Gasteiger partial charge in [-0.2, -0.15) is 0 Å². The minimum atomic E-state index is -0.212. The van der Waals surface area contributed by atoms with Crippen LogP contribution in [-0.4, -0.2) is 18.6 Å². The molecular formula is C17H21FN2O. The van der Waals surface area contributed by atoms with Crippen LogP contribution in [-0.2, 0) is 6.42 Å². The van der Waals surface area contributed by atoms with Gasteiger partial charge in [0.05, 0.1) is 12.8 Å². The molecule has 21 heavy (non-hydrogen) atoms. The summed E-state index contributed by atoms with van der Waals surface area (Å²) in [4.78, 5) is 4.24. The number of rotatable bonds is 7. The zero-order valence-corrected chi connectivity index (χ0v) is 12.5. The van der Waals surface area contributed by atoms with Crippen molar-refractivity contribution in [3.05, 3.63) is 59.7 Å². The Bertz CT molecular complexity index is 557. The summed E-state index contributed by atoms with van der Waals surface area (Å²) >= 11 is 0. The summed E-state index contributed by atoms with van der Waals surface area (Å²) in [5.41, 5.74) is 2.14. The van der Waals surface area contributed by atoms with Crippen molar-refractivity contribution in [2.24, 2.45) is 0 Å². The van der Waals surface area contributed by atoms with Gasteiger partial charge < -0.3 is 10.1 Å². The Balaban J connectivity index is 2.11. The van der Waals surface area contributed by atoms with Gasteiger partial charge in [-0.3, -0.25) is 4.98 Å². The second kappa shape index (κ2) is 7.74. The number of ether oxygens (including phenoxy) is 1. The van der Waals surface area contributed by atoms with Gasteiger partial charge in [0, 0.05) is 12.2 Å². The van der Waals surface area contributed by atoms with Crippen molar-refractivity contribution in [2.45, 2.75) is 25.8 Å². The van der Waals surface area contributed by atoms with Crippen LogP contribution in [0, 0.1) is 5.82 Å². The van der Waals surface area contributed by atoms with E-state index in [1.807, 2.05) is 31.4 Å². The lowest BCUT2D eigenvalue weighted by atomic mass is 10.0. The van der Waals surface area contributed by atoms with Gasteiger partial charge in [0.15, 0.2) is 0 Å². The van der Waals surface area contributed by atoms with E-state index in [2.05, 4.69) is 17.2 Å². The summed E-state index contributed by atoms with van der Waals surface area (Å²) in [5, 5.41) is 3.28. The smallest absolute Gasteiger partial charge is 0.137 e. The van der Waals surface area contributed by atoms with E-state index in [4.69, 9.17) is 4.74 Å². The molecule has 1 aromatic heterocycles. The molecule has 1 aromatic carbocycles. The molecule has 0 aliphatic carbocycles. The number of hydrogen-bond donors (Lipinski definition) is 1. The van der Waals surface area contributed by atoms with Crippen molar-refractivity contribution >= 4 is 0 Å². The van der Waals surface area contributed by atoms with Gasteiger partial charge >= 0.3 is 0 Å². The second-order valence-corrected chi connectivity index (χ2v) is 4.97. The summed E-state index contributed by atoms with van der Waals surface area (Å²) < 4.78 is 18.6. The maximum atomic E-state index is 13.0. The minimum Gasteiger partial charge on any atom is -0.492 e. The highest BCUT2D eigenvalue weighted by atomic mass is 19.1. The SMILES string of the molecule is CCCOc1cncc(C(Cc2ccc(F)cc2)NC)c1. The van der Waals surface area contributed by atoms with Crippen molar-refractivity contribution in [2.75, 3.05) is 13.7 Å². The maximum Gasteiger partial charge on any atom is 0.137 e. The molecule has 0 amide bonds. The third-order valence-corrected chi connectivity index (χ3v) is 3.31. The van der Waals surface area contributed by atoms with Crippen molar-refractivity contribution < 1.29 is 9.13 Å². The molecule has 1 unspecified atom stereocenters. The van der Waals surface area contributed by atoms with Crippen LogP contribution in [0.1, 0.15) is 30.5 Å². The number of benzene rings is 1. The van der Waals surface area contributed by atoms with Gasteiger partial charge in [0.25, 0.3) is 0 Å². The van der Waals surface area contributed by atoms with Crippen molar-refractivity contribution in [3.8, 4) is 5.75 Å². The quantitative estimate of drug-likeness (QED) is 0.846. The van der Waals surface area contributed by atoms with Crippen LogP contribution in [0.2, 0.25) is 0 Å². The molecule has 4 heteroatoms. The minimum absolute atomic E-state index is 0.119. The largest absolute Gasteiger partial charge is 0.492 e. The summed E-state index contributed by atoms with van der Waals surface area (Å²) in [6.45, 7) is 2.76. The molecule has 0 saturated heterocycles. The Labute approximate surface area is 125 Å². The Morgan fingerprint density at radius 3 is 2.67 bits per heavy atom. The van der Waals surface area contributed by atoms with Crippen LogP contribution >= 0.6 is 0 Å². The van der Waals surface area contributed by atoms with Crippen molar-refractivity contribution in [3.63, 3.8) is 0 Å². The summed E-state index contributed by atoms with van der Waals surface area (Å²) in [6.07, 6.45) is 5.30. The standard InChI is InChI=1S/C17H21FN2O/c1-3-8-21-16-10-14(11-20-12-16)17(19-2)9-13-4-6-15(18)7-5-13/h4-7,10-12,17,19H,3,8-9H2,1-2H3. The van der Waals surface area contributed by atoms with E-state index in [-0.39, 0.29) is 11.9 Å². The fraction of sp³-hybridized carbons (Fsp3) is 0.353. The molecule has 0 saturated carbocycles. The molecular weight excluding hydrogens is 267 g/mol. The first-order chi connectivity index (χ1) is 10.2. The van der Waals surface area contributed by atoms with Gasteiger partial charge in [-0.25, -0.2) is 4.39 Å². The van der Waals surface area contributed by atoms with E-state index in [0.717, 1.165) is 29.7 Å². The average molecular weight is 288 g/mol. The monoisotopic (exact) mass is 288 g/mol. The molecule has 112 valence electrons. The van der Waals surface area contributed by atoms with Crippen LogP contribution in [0.25, 0.3) is 0 Å². The van der Waals surface area contributed by atoms with Gasteiger partial charge in [-0.05, 0) is 49.2 Å². The van der Waals surface area contributed by atoms with Gasteiger partial charge in [0.2, 0.25) is 0 Å². The Kier molecular flexibility index (Phi) is 5.69. The highest BCUT2D eigenvalue weighted by Crippen LogP contribution is 2.21. The number of pyridine rings is 1. The number of nitrogens with one attached hydrogen (secondary N) is 1. The van der Waals surface area contributed by atoms with Crippen LogP contribution in [0.3, 0.4) is 0 Å². The normalized spacial score (nSPS) is 12.1. The van der Waals surface area contributed by atoms with E-state index in [0.29, 0.717) is 6.61 Å². The van der Waals surface area contributed by atoms with Crippen molar-refractivity contribution in [1.82, 2.24) is 10.3 Å². The van der Waals surface area contributed by atoms with E-state index >= 15 is 0 Å². The predicted octanol–water partition coefficient (Wildman–Crippen LogP) is 3.51. The number of halogens is 1. The molecule has 0 aliphatic rings. The number of nitrogens with zero attached hydrogens (tertiary/aromatic N) is 1. The van der Waals surface area contributed by atoms with Gasteiger partial charge in [-0.15, -0.1) is 0 Å². The molecule has 1 atom stereocenters. The van der Waals surface area contributed by atoms with Crippen LogP contribution in [0.5, 0.6) is 5.75 Å². The van der Waals surface area contributed by atoms with E-state index in [1.54, 1.807) is 6.20 Å². The number of likely N-dealkylation sites (N-methyl/N-ethyl adjacent to an activating group) is 1. The number of hydrogen-bond acceptors (Lipinski definition) is 3. The van der Waals surface area contributed by atoms with Gasteiger partial charge in [0.1, 0.15) is 11.6 Å². The van der Waals surface area contributed by atoms with E-state index < -0.39 is 0 Å². The lowest BCUT2D eigenvalue weighted by Crippen LogP contribution is -2.19. The highest BCUT2D eigenvalue weighted by molar-refractivity contribution is 5.28. The summed E-state index contributed by atoms with van der Waals surface area (Å²) in [7, 11) is 1.91. The molecule has 0 spiro atoms. The highest BCUT2D eigenvalue weighted by Gasteiger charge is 2.11. The van der Waals surface area contributed by atoms with Crippen molar-refractivity contribution in [1.29, 1.82) is 0 Å². The van der Waals surface area contributed by atoms with E-state index in [1.165, 1.54) is 12.1 Å². The van der Waals surface area contributed by atoms with Crippen LogP contribution < -0.4 is 10.1 Å². The molecule has 3 nitrogen and oxygen atoms in total. The lowest BCUT2D eigenvalue weighted by Gasteiger charge is -2.17. The molecule has 1 N–H and O–H groups in total. The first-order valence-electron chi connectivity index (χ1n) is 7.22. The molecule has 0 bridgehead atoms. The lowest BCUT2D eigenvalue weighted by molar-refractivity contribution is 0.315. The third-order valence-electron chi connectivity index (χ3n) is 3.31. The van der Waals surface area contributed by atoms with Crippen LogP contribution in [0.15, 0.2) is 42.7 Å². The predicted molar refractivity (Wildman–Crippen MR) is 81.9 cm³/mol. The first-order valence-corrected chi connectivity index (χ1v) is 7.22. The molecule has 0 aliphatic heterocycles. The van der Waals surface area contributed by atoms with E-state index in [9.17, 15) is 4.39 Å². The third kappa shape index (κ3) is 4.53. The summed E-state index contributed by atoms with van der Waals surface area (Å²) in [6, 6.07) is 8.72. The maximum absolute atomic E-state index is 13.0. The fourth-order valence-electron chi connectivity index (χ4n) is 2.17. The molecule has 2 rings (SSSR count). The molecule has 1 heterocycles. The topological polar surface area (TPSA) is 34.1 Å². The average Bonchev–Trinajstić information content (AvgIpc) is 2.52. The Morgan fingerprint density at radius 2 is 2.00 bits per heavy atom. The Hall–Kier alpha value is -1.94. The summed E-state index contributed by atoms with van der Waals surface area (Å²) in [5.74, 6) is 0.574. The van der Waals surface area contributed by atoms with Gasteiger partial charge in [-0.1, -0.05) is 19.1 Å².